The Morgan fingerprint density at radius 1 is 1.30 bits per heavy atom. The lowest BCUT2D eigenvalue weighted by atomic mass is 10.2. The maximum Gasteiger partial charge on any atom is 0.273 e. The molecule has 1 aromatic heterocycles. The molecule has 0 saturated carbocycles. The first-order valence-corrected chi connectivity index (χ1v) is 8.52. The fraction of sp³-hybridized carbons (Fsp3) is 0.0909. The molecule has 1 N–H and O–H groups in total. The summed E-state index contributed by atoms with van der Waals surface area (Å²) in [5, 5.41) is 12.5. The number of halogens is 1. The first kappa shape index (κ1) is 15.1. The number of para-hydroxylation sites is 1. The molecule has 2 aromatic rings. The highest BCUT2D eigenvalue weighted by atomic mass is 79.9. The molecular weight excluding hydrogens is 368 g/mol. The van der Waals surface area contributed by atoms with Crippen molar-refractivity contribution in [3.8, 4) is 0 Å². The lowest BCUT2D eigenvalue weighted by molar-refractivity contribution is -0.385. The second-order valence-corrected chi connectivity index (χ2v) is 7.50. The molecule has 1 heterocycles. The number of nitro benzene ring substituents is 1. The van der Waals surface area contributed by atoms with Gasteiger partial charge in [-0.15, -0.1) is 11.3 Å². The van der Waals surface area contributed by atoms with E-state index < -0.39 is 14.9 Å². The van der Waals surface area contributed by atoms with Gasteiger partial charge in [-0.3, -0.25) is 10.1 Å². The van der Waals surface area contributed by atoms with Crippen molar-refractivity contribution in [2.75, 3.05) is 0 Å². The van der Waals surface area contributed by atoms with Crippen LogP contribution >= 0.6 is 27.3 Å². The van der Waals surface area contributed by atoms with E-state index in [1.165, 1.54) is 18.2 Å². The summed E-state index contributed by atoms with van der Waals surface area (Å²) in [6, 6.07) is 7.64. The van der Waals surface area contributed by atoms with Crippen LogP contribution < -0.4 is 4.72 Å². The summed E-state index contributed by atoms with van der Waals surface area (Å²) < 4.78 is 27.1. The van der Waals surface area contributed by atoms with Gasteiger partial charge in [-0.25, -0.2) is 13.1 Å². The van der Waals surface area contributed by atoms with E-state index in [0.29, 0.717) is 10.0 Å². The van der Waals surface area contributed by atoms with E-state index >= 15 is 0 Å². The summed E-state index contributed by atoms with van der Waals surface area (Å²) in [6.07, 6.45) is 0. The SMILES string of the molecule is O=[N+]([O-])c1ccccc1CNS(=O)(=O)c1sccc1Br. The van der Waals surface area contributed by atoms with Crippen LogP contribution in [0.1, 0.15) is 5.56 Å². The quantitative estimate of drug-likeness (QED) is 0.641. The van der Waals surface area contributed by atoms with Gasteiger partial charge in [0.15, 0.2) is 0 Å². The van der Waals surface area contributed by atoms with Crippen LogP contribution in [-0.4, -0.2) is 13.3 Å². The zero-order valence-corrected chi connectivity index (χ0v) is 13.2. The number of nitrogens with zero attached hydrogens (tertiary/aromatic N) is 1. The minimum atomic E-state index is -3.69. The highest BCUT2D eigenvalue weighted by molar-refractivity contribution is 9.10. The Morgan fingerprint density at radius 3 is 2.60 bits per heavy atom. The second kappa shape index (κ2) is 6.00. The lowest BCUT2D eigenvalue weighted by Crippen LogP contribution is -2.23. The topological polar surface area (TPSA) is 89.3 Å². The molecule has 106 valence electrons. The minimum absolute atomic E-state index is 0.111. The summed E-state index contributed by atoms with van der Waals surface area (Å²) in [6.45, 7) is -0.135. The van der Waals surface area contributed by atoms with Crippen molar-refractivity contribution >= 4 is 43.0 Å². The highest BCUT2D eigenvalue weighted by Crippen LogP contribution is 2.27. The number of benzene rings is 1. The van der Waals surface area contributed by atoms with Gasteiger partial charge in [-0.2, -0.15) is 0 Å². The van der Waals surface area contributed by atoms with Crippen LogP contribution in [0.25, 0.3) is 0 Å². The molecule has 0 bridgehead atoms. The van der Waals surface area contributed by atoms with Crippen LogP contribution in [0.4, 0.5) is 5.69 Å². The van der Waals surface area contributed by atoms with Crippen molar-refractivity contribution in [1.82, 2.24) is 4.72 Å². The monoisotopic (exact) mass is 376 g/mol. The maximum atomic E-state index is 12.1. The predicted octanol–water partition coefficient (Wildman–Crippen LogP) is 2.90. The third-order valence-electron chi connectivity index (χ3n) is 2.47. The number of hydrogen-bond donors (Lipinski definition) is 1. The predicted molar refractivity (Wildman–Crippen MR) is 79.1 cm³/mol. The van der Waals surface area contributed by atoms with E-state index in [1.54, 1.807) is 17.5 Å². The number of hydrogen-bond acceptors (Lipinski definition) is 5. The van der Waals surface area contributed by atoms with Crippen LogP contribution in [0.15, 0.2) is 44.4 Å². The van der Waals surface area contributed by atoms with Gasteiger partial charge in [0.1, 0.15) is 4.21 Å². The van der Waals surface area contributed by atoms with Gasteiger partial charge in [0, 0.05) is 22.6 Å². The van der Waals surface area contributed by atoms with Crippen molar-refractivity contribution in [3.05, 3.63) is 55.9 Å². The normalized spacial score (nSPS) is 11.4. The standard InChI is InChI=1S/C11H9BrN2O4S2/c12-9-5-6-19-11(9)20(17,18)13-7-8-3-1-2-4-10(8)14(15)16/h1-6,13H,7H2. The van der Waals surface area contributed by atoms with Gasteiger partial charge in [0.25, 0.3) is 15.7 Å². The molecule has 1 aromatic carbocycles. The van der Waals surface area contributed by atoms with Gasteiger partial charge in [0.2, 0.25) is 0 Å². The summed E-state index contributed by atoms with van der Waals surface area (Å²) in [5.41, 5.74) is 0.203. The molecule has 0 aliphatic carbocycles. The van der Waals surface area contributed by atoms with Crippen molar-refractivity contribution in [3.63, 3.8) is 0 Å². The van der Waals surface area contributed by atoms with Crippen LogP contribution in [0.5, 0.6) is 0 Å². The number of thiophene rings is 1. The molecule has 6 nitrogen and oxygen atoms in total. The smallest absolute Gasteiger partial charge is 0.258 e. The molecular formula is C11H9BrN2O4S2. The molecule has 20 heavy (non-hydrogen) atoms. The van der Waals surface area contributed by atoms with E-state index in [0.717, 1.165) is 11.3 Å². The van der Waals surface area contributed by atoms with E-state index in [1.807, 2.05) is 0 Å². The molecule has 0 saturated heterocycles. The molecule has 0 aliphatic heterocycles. The van der Waals surface area contributed by atoms with Crippen LogP contribution in [0.2, 0.25) is 0 Å². The first-order chi connectivity index (χ1) is 9.42. The van der Waals surface area contributed by atoms with Crippen molar-refractivity contribution in [2.24, 2.45) is 0 Å². The van der Waals surface area contributed by atoms with Crippen molar-refractivity contribution in [2.45, 2.75) is 10.8 Å². The molecule has 0 atom stereocenters. The molecule has 0 aliphatic rings. The van der Waals surface area contributed by atoms with Gasteiger partial charge in [-0.1, -0.05) is 18.2 Å². The molecule has 0 fully saturated rings. The van der Waals surface area contributed by atoms with Gasteiger partial charge < -0.3 is 0 Å². The van der Waals surface area contributed by atoms with Crippen molar-refractivity contribution < 1.29 is 13.3 Å². The fourth-order valence-electron chi connectivity index (χ4n) is 1.55. The summed E-state index contributed by atoms with van der Waals surface area (Å²) in [5.74, 6) is 0. The molecule has 9 heteroatoms. The average Bonchev–Trinajstić information content (AvgIpc) is 2.84. The highest BCUT2D eigenvalue weighted by Gasteiger charge is 2.20. The Kier molecular flexibility index (Phi) is 4.53. The van der Waals surface area contributed by atoms with Gasteiger partial charge >= 0.3 is 0 Å². The maximum absolute atomic E-state index is 12.1. The fourth-order valence-corrected chi connectivity index (χ4v) is 4.94. The zero-order valence-electron chi connectivity index (χ0n) is 9.95. The Morgan fingerprint density at radius 2 is 2.00 bits per heavy atom. The zero-order chi connectivity index (χ0) is 14.8. The largest absolute Gasteiger partial charge is 0.273 e. The molecule has 0 radical (unpaired) electrons. The van der Waals surface area contributed by atoms with E-state index in [9.17, 15) is 18.5 Å². The number of nitrogens with one attached hydrogen (secondary N) is 1. The number of sulfonamides is 1. The van der Waals surface area contributed by atoms with E-state index in [2.05, 4.69) is 20.7 Å². The molecule has 2 rings (SSSR count). The Bertz CT molecular complexity index is 742. The van der Waals surface area contributed by atoms with Crippen LogP contribution in [0, 0.1) is 10.1 Å². The van der Waals surface area contributed by atoms with Crippen molar-refractivity contribution in [1.29, 1.82) is 0 Å². The summed E-state index contributed by atoms with van der Waals surface area (Å²) >= 11 is 4.22. The second-order valence-electron chi connectivity index (χ2n) is 3.77. The van der Waals surface area contributed by atoms with Gasteiger partial charge in [0.05, 0.1) is 4.92 Å². The Balaban J connectivity index is 2.22. The lowest BCUT2D eigenvalue weighted by Gasteiger charge is -2.06. The molecule has 0 amide bonds. The number of nitro groups is 1. The average molecular weight is 377 g/mol. The molecule has 0 unspecified atom stereocenters. The van der Waals surface area contributed by atoms with E-state index in [4.69, 9.17) is 0 Å². The summed E-state index contributed by atoms with van der Waals surface area (Å²) in [4.78, 5) is 10.3. The first-order valence-electron chi connectivity index (χ1n) is 5.37. The Hall–Kier alpha value is -1.29. The minimum Gasteiger partial charge on any atom is -0.258 e. The van der Waals surface area contributed by atoms with Gasteiger partial charge in [-0.05, 0) is 27.4 Å². The Labute approximate surface area is 127 Å². The van der Waals surface area contributed by atoms with E-state index in [-0.39, 0.29) is 16.4 Å². The summed E-state index contributed by atoms with van der Waals surface area (Å²) in [7, 11) is -3.69. The third kappa shape index (κ3) is 3.23. The third-order valence-corrected chi connectivity index (χ3v) is 6.54. The van der Waals surface area contributed by atoms with Crippen LogP contribution in [0.3, 0.4) is 0 Å². The molecule has 0 spiro atoms. The van der Waals surface area contributed by atoms with Crippen LogP contribution in [-0.2, 0) is 16.6 Å². The number of rotatable bonds is 5.